The molecule has 1 atom stereocenters. The molecule has 38 heavy (non-hydrogen) atoms. The van der Waals surface area contributed by atoms with Gasteiger partial charge < -0.3 is 20.3 Å². The number of hydrogen-bond acceptors (Lipinski definition) is 5. The highest BCUT2D eigenvalue weighted by molar-refractivity contribution is 6.35. The van der Waals surface area contributed by atoms with E-state index in [1.165, 1.54) is 4.90 Å². The molecule has 1 fully saturated rings. The van der Waals surface area contributed by atoms with Gasteiger partial charge in [-0.1, -0.05) is 35.3 Å². The predicted molar refractivity (Wildman–Crippen MR) is 149 cm³/mol. The van der Waals surface area contributed by atoms with Crippen molar-refractivity contribution in [3.8, 4) is 0 Å². The van der Waals surface area contributed by atoms with Crippen LogP contribution in [0.4, 0.5) is 9.59 Å². The third-order valence-corrected chi connectivity index (χ3v) is 6.81. The standard InChI is InChI=1S/C27H37Cl2N5O4/c1-6-11-34-21(17-32-12-8-13-33(15-14-32)26(37)31-27(3,4)5)22(24(35)38-7-2)23(30-25(34)36)19-10-9-18(28)16-20(19)29/h6,9-10,16,23H,1,7-8,11-15,17H2,2-5H3,(H,30,36)(H,31,37)/t23-/m0/s1. The van der Waals surface area contributed by atoms with Gasteiger partial charge in [0.25, 0.3) is 0 Å². The highest BCUT2D eigenvalue weighted by atomic mass is 35.5. The lowest BCUT2D eigenvalue weighted by Crippen LogP contribution is -2.51. The number of halogens is 2. The molecule has 1 aromatic carbocycles. The number of benzene rings is 1. The highest BCUT2D eigenvalue weighted by Crippen LogP contribution is 2.36. The van der Waals surface area contributed by atoms with Crippen LogP contribution in [0, 0.1) is 0 Å². The number of amides is 4. The van der Waals surface area contributed by atoms with Gasteiger partial charge in [0.05, 0.1) is 18.2 Å². The van der Waals surface area contributed by atoms with E-state index >= 15 is 0 Å². The summed E-state index contributed by atoms with van der Waals surface area (Å²) in [5, 5.41) is 6.70. The van der Waals surface area contributed by atoms with Crippen LogP contribution in [0.25, 0.3) is 0 Å². The van der Waals surface area contributed by atoms with Crippen LogP contribution < -0.4 is 10.6 Å². The molecule has 2 heterocycles. The summed E-state index contributed by atoms with van der Waals surface area (Å²) in [5.74, 6) is -0.534. The molecule has 0 aliphatic carbocycles. The van der Waals surface area contributed by atoms with Gasteiger partial charge in [0, 0.05) is 60.5 Å². The second-order valence-electron chi connectivity index (χ2n) is 10.3. The topological polar surface area (TPSA) is 94.2 Å². The minimum atomic E-state index is -0.816. The van der Waals surface area contributed by atoms with E-state index in [9.17, 15) is 14.4 Å². The second kappa shape index (κ2) is 12.9. The van der Waals surface area contributed by atoms with Crippen LogP contribution in [0.3, 0.4) is 0 Å². The lowest BCUT2D eigenvalue weighted by molar-refractivity contribution is -0.139. The largest absolute Gasteiger partial charge is 0.463 e. The third kappa shape index (κ3) is 7.42. The van der Waals surface area contributed by atoms with Crippen LogP contribution in [0.2, 0.25) is 10.0 Å². The van der Waals surface area contributed by atoms with Crippen LogP contribution in [0.5, 0.6) is 0 Å². The van der Waals surface area contributed by atoms with Crippen molar-refractivity contribution in [1.29, 1.82) is 0 Å². The molecule has 1 saturated heterocycles. The Kier molecular flexibility index (Phi) is 10.1. The minimum Gasteiger partial charge on any atom is -0.463 e. The number of nitrogens with zero attached hydrogens (tertiary/aromatic N) is 3. The zero-order chi connectivity index (χ0) is 28.0. The van der Waals surface area contributed by atoms with Crippen LogP contribution >= 0.6 is 23.2 Å². The number of carbonyl (C=O) groups is 3. The molecule has 11 heteroatoms. The Balaban J connectivity index is 1.98. The first kappa shape index (κ1) is 29.8. The number of nitrogens with one attached hydrogen (secondary N) is 2. The molecule has 9 nitrogen and oxygen atoms in total. The molecule has 3 rings (SSSR count). The Bertz CT molecular complexity index is 1100. The molecular weight excluding hydrogens is 529 g/mol. The van der Waals surface area contributed by atoms with E-state index in [0.29, 0.717) is 59.6 Å². The zero-order valence-electron chi connectivity index (χ0n) is 22.5. The van der Waals surface area contributed by atoms with Crippen molar-refractivity contribution in [2.45, 2.75) is 45.7 Å². The molecule has 0 unspecified atom stereocenters. The van der Waals surface area contributed by atoms with Crippen molar-refractivity contribution >= 4 is 41.2 Å². The van der Waals surface area contributed by atoms with Crippen LogP contribution in [0.1, 0.15) is 45.7 Å². The van der Waals surface area contributed by atoms with E-state index in [-0.39, 0.29) is 30.8 Å². The molecule has 2 aliphatic heterocycles. The van der Waals surface area contributed by atoms with Gasteiger partial charge in [0.2, 0.25) is 0 Å². The Labute approximate surface area is 234 Å². The summed E-state index contributed by atoms with van der Waals surface area (Å²) in [6.45, 7) is 14.5. The van der Waals surface area contributed by atoms with Crippen molar-refractivity contribution in [1.82, 2.24) is 25.3 Å². The van der Waals surface area contributed by atoms with Crippen LogP contribution in [-0.4, -0.2) is 84.1 Å². The van der Waals surface area contributed by atoms with Crippen molar-refractivity contribution in [3.63, 3.8) is 0 Å². The summed E-state index contributed by atoms with van der Waals surface area (Å²) < 4.78 is 5.45. The molecule has 2 aliphatic rings. The smallest absolute Gasteiger partial charge is 0.338 e. The molecule has 0 saturated carbocycles. The van der Waals surface area contributed by atoms with Crippen LogP contribution in [-0.2, 0) is 9.53 Å². The van der Waals surface area contributed by atoms with E-state index < -0.39 is 12.0 Å². The van der Waals surface area contributed by atoms with E-state index in [4.69, 9.17) is 27.9 Å². The average molecular weight is 567 g/mol. The molecular formula is C27H37Cl2N5O4. The number of ether oxygens (including phenoxy) is 1. The second-order valence-corrected chi connectivity index (χ2v) is 11.2. The van der Waals surface area contributed by atoms with E-state index in [0.717, 1.165) is 6.42 Å². The lowest BCUT2D eigenvalue weighted by Gasteiger charge is -2.38. The maximum absolute atomic E-state index is 13.4. The monoisotopic (exact) mass is 565 g/mol. The Morgan fingerprint density at radius 1 is 1.21 bits per heavy atom. The van der Waals surface area contributed by atoms with E-state index in [1.807, 2.05) is 20.8 Å². The molecule has 0 bridgehead atoms. The fourth-order valence-corrected chi connectivity index (χ4v) is 5.08. The van der Waals surface area contributed by atoms with E-state index in [2.05, 4.69) is 22.1 Å². The van der Waals surface area contributed by atoms with Crippen molar-refractivity contribution < 1.29 is 19.1 Å². The van der Waals surface area contributed by atoms with Gasteiger partial charge in [-0.3, -0.25) is 9.80 Å². The van der Waals surface area contributed by atoms with Gasteiger partial charge in [-0.15, -0.1) is 6.58 Å². The number of esters is 1. The summed E-state index contributed by atoms with van der Waals surface area (Å²) in [4.78, 5) is 44.9. The Hall–Kier alpha value is -2.75. The lowest BCUT2D eigenvalue weighted by atomic mass is 9.94. The summed E-state index contributed by atoms with van der Waals surface area (Å²) in [5.41, 5.74) is 1.05. The fraction of sp³-hybridized carbons (Fsp3) is 0.519. The van der Waals surface area contributed by atoms with Gasteiger partial charge in [-0.2, -0.15) is 0 Å². The predicted octanol–water partition coefficient (Wildman–Crippen LogP) is 4.58. The Morgan fingerprint density at radius 2 is 1.95 bits per heavy atom. The molecule has 0 radical (unpaired) electrons. The first-order valence-electron chi connectivity index (χ1n) is 12.8. The van der Waals surface area contributed by atoms with Crippen molar-refractivity contribution in [3.05, 3.63) is 57.7 Å². The molecule has 0 aromatic heterocycles. The molecule has 4 amide bonds. The number of carbonyl (C=O) groups excluding carboxylic acids is 3. The average Bonchev–Trinajstić information content (AvgIpc) is 3.06. The van der Waals surface area contributed by atoms with Crippen molar-refractivity contribution in [2.24, 2.45) is 0 Å². The first-order chi connectivity index (χ1) is 17.9. The van der Waals surface area contributed by atoms with E-state index in [1.54, 1.807) is 36.1 Å². The van der Waals surface area contributed by atoms with Crippen molar-refractivity contribution in [2.75, 3.05) is 45.9 Å². The summed E-state index contributed by atoms with van der Waals surface area (Å²) in [6.07, 6.45) is 2.36. The minimum absolute atomic E-state index is 0.103. The summed E-state index contributed by atoms with van der Waals surface area (Å²) in [7, 11) is 0. The third-order valence-electron chi connectivity index (χ3n) is 6.25. The Morgan fingerprint density at radius 3 is 2.58 bits per heavy atom. The normalized spacial score (nSPS) is 19.1. The number of rotatable bonds is 7. The molecule has 208 valence electrons. The van der Waals surface area contributed by atoms with Gasteiger partial charge in [-0.05, 0) is 51.8 Å². The molecule has 0 spiro atoms. The first-order valence-corrected chi connectivity index (χ1v) is 13.5. The van der Waals surface area contributed by atoms with Gasteiger partial charge in [0.1, 0.15) is 0 Å². The molecule has 2 N–H and O–H groups in total. The highest BCUT2D eigenvalue weighted by Gasteiger charge is 2.39. The number of hydrogen-bond donors (Lipinski definition) is 2. The summed E-state index contributed by atoms with van der Waals surface area (Å²) >= 11 is 12.6. The fourth-order valence-electron chi connectivity index (χ4n) is 4.56. The quantitative estimate of drug-likeness (QED) is 0.373. The van der Waals surface area contributed by atoms with Crippen LogP contribution in [0.15, 0.2) is 42.1 Å². The van der Waals surface area contributed by atoms with Gasteiger partial charge in [-0.25, -0.2) is 14.4 Å². The maximum Gasteiger partial charge on any atom is 0.338 e. The van der Waals surface area contributed by atoms with Gasteiger partial charge in [0.15, 0.2) is 0 Å². The SMILES string of the molecule is C=CCN1C(=O)N[C@@H](c2ccc(Cl)cc2Cl)C(C(=O)OCC)=C1CN1CCCN(C(=O)NC(C)(C)C)CC1. The number of urea groups is 2. The maximum atomic E-state index is 13.4. The van der Waals surface area contributed by atoms with Gasteiger partial charge >= 0.3 is 18.0 Å². The zero-order valence-corrected chi connectivity index (χ0v) is 24.0. The molecule has 1 aromatic rings. The summed E-state index contributed by atoms with van der Waals surface area (Å²) in [6, 6.07) is 3.66.